The van der Waals surface area contributed by atoms with E-state index in [1.54, 1.807) is 0 Å². The maximum Gasteiger partial charge on any atom is 0.235 e. The van der Waals surface area contributed by atoms with Gasteiger partial charge in [-0.15, -0.1) is 0 Å². The van der Waals surface area contributed by atoms with Crippen molar-refractivity contribution in [3.8, 4) is 11.3 Å². The van der Waals surface area contributed by atoms with E-state index in [0.29, 0.717) is 19.0 Å². The fourth-order valence-electron chi connectivity index (χ4n) is 3.15. The van der Waals surface area contributed by atoms with E-state index in [9.17, 15) is 0 Å². The lowest BCUT2D eigenvalue weighted by Crippen LogP contribution is -2.04. The summed E-state index contributed by atoms with van der Waals surface area (Å²) in [5.74, 6) is 0.623. The summed E-state index contributed by atoms with van der Waals surface area (Å²) in [5.41, 5.74) is 4.60. The van der Waals surface area contributed by atoms with Crippen molar-refractivity contribution in [2.24, 2.45) is 4.99 Å². The summed E-state index contributed by atoms with van der Waals surface area (Å²) < 4.78 is 5.56. The summed E-state index contributed by atoms with van der Waals surface area (Å²) in [7, 11) is 0. The van der Waals surface area contributed by atoms with Crippen molar-refractivity contribution >= 4 is 27.7 Å². The first-order valence-electron chi connectivity index (χ1n) is 8.32. The second kappa shape index (κ2) is 5.67. The van der Waals surface area contributed by atoms with Gasteiger partial charge in [-0.25, -0.2) is 15.0 Å². The number of fused-ring (bicyclic) bond motifs is 3. The molecule has 4 aromatic rings. The molecule has 0 spiro atoms. The molecule has 0 radical (unpaired) electrons. The molecule has 1 aliphatic rings. The van der Waals surface area contributed by atoms with Crippen LogP contribution in [0.4, 0.5) is 0 Å². The van der Waals surface area contributed by atoms with Crippen LogP contribution in [0, 0.1) is 0 Å². The number of pyridine rings is 2. The van der Waals surface area contributed by atoms with Gasteiger partial charge in [-0.1, -0.05) is 54.6 Å². The zero-order valence-electron chi connectivity index (χ0n) is 13.5. The Morgan fingerprint density at radius 1 is 0.680 bits per heavy atom. The maximum absolute atomic E-state index is 5.56. The molecular weight excluding hydrogens is 310 g/mol. The minimum atomic E-state index is 0.623. The molecule has 3 heterocycles. The van der Waals surface area contributed by atoms with E-state index < -0.39 is 0 Å². The van der Waals surface area contributed by atoms with Crippen LogP contribution in [0.2, 0.25) is 0 Å². The normalized spacial score (nSPS) is 13.8. The number of rotatable bonds is 2. The Hall–Kier alpha value is -3.27. The van der Waals surface area contributed by atoms with Gasteiger partial charge in [-0.3, -0.25) is 0 Å². The van der Waals surface area contributed by atoms with Crippen LogP contribution >= 0.6 is 0 Å². The van der Waals surface area contributed by atoms with E-state index >= 15 is 0 Å². The fraction of sp³-hybridized carbons (Fsp3) is 0.0952. The number of nitrogens with zero attached hydrogens (tertiary/aromatic N) is 3. The first kappa shape index (κ1) is 14.1. The molecule has 0 aliphatic carbocycles. The molecule has 0 amide bonds. The summed E-state index contributed by atoms with van der Waals surface area (Å²) in [4.78, 5) is 14.1. The molecular formula is C21H15N3O. The van der Waals surface area contributed by atoms with Gasteiger partial charge in [0.15, 0.2) is 0 Å². The Balaban J connectivity index is 1.75. The van der Waals surface area contributed by atoms with Crippen LogP contribution in [0.3, 0.4) is 0 Å². The molecule has 0 bridgehead atoms. The molecule has 5 rings (SSSR count). The standard InChI is InChI=1S/C21H15N3O/c1-2-4-14(5-3-1)17-10-8-15-6-7-16-9-11-18(21-22-12-13-25-21)24-20(16)19(15)23-17/h1-11H,12-13H2. The third-order valence-corrected chi connectivity index (χ3v) is 4.39. The van der Waals surface area contributed by atoms with Crippen LogP contribution in [-0.4, -0.2) is 29.0 Å². The Kier molecular flexibility index (Phi) is 3.20. The predicted octanol–water partition coefficient (Wildman–Crippen LogP) is 4.23. The highest BCUT2D eigenvalue weighted by Crippen LogP contribution is 2.26. The average Bonchev–Trinajstić information content (AvgIpc) is 3.22. The lowest BCUT2D eigenvalue weighted by molar-refractivity contribution is 0.347. The van der Waals surface area contributed by atoms with Crippen molar-refractivity contribution in [3.63, 3.8) is 0 Å². The molecule has 0 fully saturated rings. The number of aliphatic imine (C=N–C) groups is 1. The van der Waals surface area contributed by atoms with Crippen LogP contribution < -0.4 is 0 Å². The molecule has 4 heteroatoms. The average molecular weight is 325 g/mol. The molecule has 1 aliphatic heterocycles. The topological polar surface area (TPSA) is 47.4 Å². The van der Waals surface area contributed by atoms with Gasteiger partial charge in [0.25, 0.3) is 0 Å². The van der Waals surface area contributed by atoms with Crippen LogP contribution in [-0.2, 0) is 4.74 Å². The molecule has 0 saturated carbocycles. The smallest absolute Gasteiger partial charge is 0.235 e. The summed E-state index contributed by atoms with van der Waals surface area (Å²) in [6, 6.07) is 22.5. The predicted molar refractivity (Wildman–Crippen MR) is 99.8 cm³/mol. The quantitative estimate of drug-likeness (QED) is 0.518. The van der Waals surface area contributed by atoms with E-state index in [0.717, 1.165) is 38.8 Å². The van der Waals surface area contributed by atoms with Gasteiger partial charge in [-0.2, -0.15) is 0 Å². The van der Waals surface area contributed by atoms with Gasteiger partial charge < -0.3 is 4.74 Å². The zero-order valence-corrected chi connectivity index (χ0v) is 13.5. The lowest BCUT2D eigenvalue weighted by Gasteiger charge is -2.08. The van der Waals surface area contributed by atoms with Crippen molar-refractivity contribution < 1.29 is 4.74 Å². The maximum atomic E-state index is 5.56. The third kappa shape index (κ3) is 2.43. The number of aromatic nitrogens is 2. The van der Waals surface area contributed by atoms with Crippen molar-refractivity contribution in [3.05, 3.63) is 72.4 Å². The van der Waals surface area contributed by atoms with Crippen molar-refractivity contribution in [2.45, 2.75) is 0 Å². The number of benzene rings is 2. The van der Waals surface area contributed by atoms with Crippen LogP contribution in [0.25, 0.3) is 33.1 Å². The Morgan fingerprint density at radius 3 is 2.00 bits per heavy atom. The highest BCUT2D eigenvalue weighted by Gasteiger charge is 2.14. The van der Waals surface area contributed by atoms with Gasteiger partial charge in [0.2, 0.25) is 5.90 Å². The largest absolute Gasteiger partial charge is 0.474 e. The third-order valence-electron chi connectivity index (χ3n) is 4.39. The Morgan fingerprint density at radius 2 is 1.32 bits per heavy atom. The van der Waals surface area contributed by atoms with E-state index in [-0.39, 0.29) is 0 Å². The minimum Gasteiger partial charge on any atom is -0.474 e. The van der Waals surface area contributed by atoms with Crippen LogP contribution in [0.1, 0.15) is 5.69 Å². The molecule has 2 aromatic heterocycles. The van der Waals surface area contributed by atoms with Crippen LogP contribution in [0.15, 0.2) is 71.7 Å². The van der Waals surface area contributed by atoms with E-state index in [1.807, 2.05) is 24.3 Å². The first-order chi connectivity index (χ1) is 12.4. The van der Waals surface area contributed by atoms with E-state index in [2.05, 4.69) is 47.5 Å². The van der Waals surface area contributed by atoms with E-state index in [4.69, 9.17) is 14.7 Å². The molecule has 2 aromatic carbocycles. The number of hydrogen-bond donors (Lipinski definition) is 0. The molecule has 0 atom stereocenters. The Bertz CT molecular complexity index is 1120. The second-order valence-electron chi connectivity index (χ2n) is 6.00. The van der Waals surface area contributed by atoms with Crippen molar-refractivity contribution in [2.75, 3.05) is 13.2 Å². The van der Waals surface area contributed by atoms with Gasteiger partial charge in [0.05, 0.1) is 23.3 Å². The molecule has 120 valence electrons. The van der Waals surface area contributed by atoms with Crippen molar-refractivity contribution in [1.29, 1.82) is 0 Å². The molecule has 0 saturated heterocycles. The summed E-state index contributed by atoms with van der Waals surface area (Å²) in [6.07, 6.45) is 0. The van der Waals surface area contributed by atoms with Gasteiger partial charge >= 0.3 is 0 Å². The summed E-state index contributed by atoms with van der Waals surface area (Å²) in [5, 5.41) is 2.14. The zero-order chi connectivity index (χ0) is 16.6. The lowest BCUT2D eigenvalue weighted by atomic mass is 10.1. The highest BCUT2D eigenvalue weighted by atomic mass is 16.5. The number of hydrogen-bond acceptors (Lipinski definition) is 4. The molecule has 25 heavy (non-hydrogen) atoms. The van der Waals surface area contributed by atoms with E-state index in [1.165, 1.54) is 0 Å². The Labute approximate surface area is 144 Å². The van der Waals surface area contributed by atoms with Crippen molar-refractivity contribution in [1.82, 2.24) is 9.97 Å². The molecule has 0 N–H and O–H groups in total. The van der Waals surface area contributed by atoms with Crippen LogP contribution in [0.5, 0.6) is 0 Å². The monoisotopic (exact) mass is 325 g/mol. The first-order valence-corrected chi connectivity index (χ1v) is 8.32. The van der Waals surface area contributed by atoms with Gasteiger partial charge in [-0.05, 0) is 12.1 Å². The SMILES string of the molecule is c1ccc(-c2ccc3ccc4ccc(C5=NCCO5)nc4c3n2)cc1. The van der Waals surface area contributed by atoms with Gasteiger partial charge in [0, 0.05) is 16.3 Å². The van der Waals surface area contributed by atoms with Gasteiger partial charge in [0.1, 0.15) is 12.3 Å². The second-order valence-corrected chi connectivity index (χ2v) is 6.00. The summed E-state index contributed by atoms with van der Waals surface area (Å²) >= 11 is 0. The molecule has 4 nitrogen and oxygen atoms in total. The fourth-order valence-corrected chi connectivity index (χ4v) is 3.15. The highest BCUT2D eigenvalue weighted by molar-refractivity contribution is 6.05. The minimum absolute atomic E-state index is 0.623. The molecule has 0 unspecified atom stereocenters. The summed E-state index contributed by atoms with van der Waals surface area (Å²) in [6.45, 7) is 1.32. The number of ether oxygens (including phenoxy) is 1.